The topological polar surface area (TPSA) is 53.9 Å². The first-order chi connectivity index (χ1) is 10.8. The lowest BCUT2D eigenvalue weighted by molar-refractivity contribution is -0.125. The molecule has 112 valence electrons. The molecule has 0 saturated carbocycles. The van der Waals surface area contributed by atoms with Crippen LogP contribution in [0.3, 0.4) is 0 Å². The fourth-order valence-electron chi connectivity index (χ4n) is 2.27. The van der Waals surface area contributed by atoms with Gasteiger partial charge in [0.2, 0.25) is 5.96 Å². The maximum Gasteiger partial charge on any atom is 0.251 e. The van der Waals surface area contributed by atoms with Crippen LogP contribution in [0.1, 0.15) is 5.56 Å². The molecule has 22 heavy (non-hydrogen) atoms. The number of carbonyl (C=O) groups is 1. The number of rotatable bonds is 4. The van der Waals surface area contributed by atoms with Crippen molar-refractivity contribution in [3.05, 3.63) is 60.2 Å². The minimum atomic E-state index is -0.00532. The Kier molecular flexibility index (Phi) is 4.05. The Morgan fingerprint density at radius 3 is 2.55 bits per heavy atom. The Hall–Kier alpha value is -2.82. The van der Waals surface area contributed by atoms with Gasteiger partial charge < -0.3 is 10.1 Å². The van der Waals surface area contributed by atoms with E-state index in [1.807, 2.05) is 54.6 Å². The zero-order chi connectivity index (χ0) is 15.4. The first-order valence-electron chi connectivity index (χ1n) is 7.06. The van der Waals surface area contributed by atoms with Crippen molar-refractivity contribution < 1.29 is 9.53 Å². The standard InChI is InChI=1S/C17H17N3O2/c1-22-15-9-7-13(8-10-15)12-20-16(21)11-18-17(20)19-14-5-3-2-4-6-14/h2-10H,11-12H2,1H3,(H,18,19). The predicted molar refractivity (Wildman–Crippen MR) is 85.9 cm³/mol. The van der Waals surface area contributed by atoms with Crippen molar-refractivity contribution in [1.82, 2.24) is 4.90 Å². The van der Waals surface area contributed by atoms with Crippen molar-refractivity contribution in [2.75, 3.05) is 19.0 Å². The van der Waals surface area contributed by atoms with Crippen molar-refractivity contribution in [2.45, 2.75) is 6.54 Å². The van der Waals surface area contributed by atoms with Gasteiger partial charge in [0.05, 0.1) is 13.7 Å². The van der Waals surface area contributed by atoms with Gasteiger partial charge in [0.1, 0.15) is 12.3 Å². The van der Waals surface area contributed by atoms with Crippen LogP contribution in [-0.4, -0.2) is 30.4 Å². The summed E-state index contributed by atoms with van der Waals surface area (Å²) < 4.78 is 5.14. The van der Waals surface area contributed by atoms with E-state index >= 15 is 0 Å². The zero-order valence-electron chi connectivity index (χ0n) is 12.3. The van der Waals surface area contributed by atoms with Gasteiger partial charge in [-0.2, -0.15) is 0 Å². The molecule has 1 N–H and O–H groups in total. The van der Waals surface area contributed by atoms with Crippen LogP contribution in [0, 0.1) is 0 Å². The summed E-state index contributed by atoms with van der Waals surface area (Å²) in [4.78, 5) is 18.0. The molecule has 0 atom stereocenters. The molecule has 3 rings (SSSR count). The third-order valence-corrected chi connectivity index (χ3v) is 3.45. The van der Waals surface area contributed by atoms with E-state index in [1.165, 1.54) is 0 Å². The summed E-state index contributed by atoms with van der Waals surface area (Å²) in [5.74, 6) is 1.38. The molecule has 1 heterocycles. The van der Waals surface area contributed by atoms with Gasteiger partial charge in [0.15, 0.2) is 0 Å². The first kappa shape index (κ1) is 14.1. The Morgan fingerprint density at radius 1 is 1.14 bits per heavy atom. The molecule has 5 heteroatoms. The maximum atomic E-state index is 12.0. The quantitative estimate of drug-likeness (QED) is 0.943. The van der Waals surface area contributed by atoms with Gasteiger partial charge in [0.25, 0.3) is 5.91 Å². The second-order valence-electron chi connectivity index (χ2n) is 4.96. The summed E-state index contributed by atoms with van der Waals surface area (Å²) >= 11 is 0. The van der Waals surface area contributed by atoms with Gasteiger partial charge in [-0.05, 0) is 29.8 Å². The third kappa shape index (κ3) is 3.09. The summed E-state index contributed by atoms with van der Waals surface area (Å²) in [5, 5.41) is 3.19. The van der Waals surface area contributed by atoms with Crippen LogP contribution in [0.25, 0.3) is 0 Å². The monoisotopic (exact) mass is 295 g/mol. The Labute approximate surface area is 129 Å². The first-order valence-corrected chi connectivity index (χ1v) is 7.06. The van der Waals surface area contributed by atoms with Crippen molar-refractivity contribution >= 4 is 17.6 Å². The van der Waals surface area contributed by atoms with Crippen LogP contribution in [0.5, 0.6) is 5.75 Å². The highest BCUT2D eigenvalue weighted by Crippen LogP contribution is 2.16. The molecule has 0 radical (unpaired) electrons. The Morgan fingerprint density at radius 2 is 1.86 bits per heavy atom. The van der Waals surface area contributed by atoms with Crippen LogP contribution in [0.2, 0.25) is 0 Å². The smallest absolute Gasteiger partial charge is 0.251 e. The third-order valence-electron chi connectivity index (χ3n) is 3.45. The SMILES string of the molecule is COc1ccc(CN2C(=O)CN=C2Nc2ccccc2)cc1. The number of carbonyl (C=O) groups excluding carboxylic acids is 1. The van der Waals surface area contributed by atoms with Crippen LogP contribution < -0.4 is 10.1 Å². The molecule has 1 amide bonds. The van der Waals surface area contributed by atoms with Crippen LogP contribution in [0.4, 0.5) is 5.69 Å². The summed E-state index contributed by atoms with van der Waals surface area (Å²) in [5.41, 5.74) is 1.94. The summed E-state index contributed by atoms with van der Waals surface area (Å²) in [6, 6.07) is 17.4. The molecule has 0 fully saturated rings. The number of hydrogen-bond acceptors (Lipinski definition) is 4. The number of benzene rings is 2. The van der Waals surface area contributed by atoms with Crippen LogP contribution >= 0.6 is 0 Å². The minimum absolute atomic E-state index is 0.00532. The molecule has 0 aliphatic carbocycles. The molecule has 0 spiro atoms. The van der Waals surface area contributed by atoms with E-state index in [1.54, 1.807) is 12.0 Å². The average Bonchev–Trinajstić information content (AvgIpc) is 2.90. The number of para-hydroxylation sites is 1. The van der Waals surface area contributed by atoms with Gasteiger partial charge in [-0.3, -0.25) is 9.69 Å². The van der Waals surface area contributed by atoms with Crippen molar-refractivity contribution in [3.8, 4) is 5.75 Å². The fraction of sp³-hybridized carbons (Fsp3) is 0.176. The molecule has 1 aliphatic rings. The number of nitrogens with one attached hydrogen (secondary N) is 1. The number of anilines is 1. The summed E-state index contributed by atoms with van der Waals surface area (Å²) in [6.45, 7) is 0.673. The largest absolute Gasteiger partial charge is 0.497 e. The second-order valence-corrected chi connectivity index (χ2v) is 4.96. The van der Waals surface area contributed by atoms with Gasteiger partial charge in [0, 0.05) is 5.69 Å². The van der Waals surface area contributed by atoms with Crippen LogP contribution in [-0.2, 0) is 11.3 Å². The summed E-state index contributed by atoms with van der Waals surface area (Å²) in [7, 11) is 1.63. The highest BCUT2D eigenvalue weighted by Gasteiger charge is 2.25. The van der Waals surface area contributed by atoms with E-state index in [0.29, 0.717) is 12.5 Å². The molecule has 5 nitrogen and oxygen atoms in total. The Bertz CT molecular complexity index is 681. The predicted octanol–water partition coefficient (Wildman–Crippen LogP) is 2.51. The molecular formula is C17H17N3O2. The number of hydrogen-bond donors (Lipinski definition) is 1. The van der Waals surface area contributed by atoms with E-state index in [9.17, 15) is 4.79 Å². The molecular weight excluding hydrogens is 278 g/mol. The van der Waals surface area contributed by atoms with Crippen molar-refractivity contribution in [1.29, 1.82) is 0 Å². The molecule has 0 aromatic heterocycles. The minimum Gasteiger partial charge on any atom is -0.497 e. The molecule has 0 unspecified atom stereocenters. The van der Waals surface area contributed by atoms with E-state index in [0.717, 1.165) is 17.0 Å². The molecule has 1 aliphatic heterocycles. The maximum absolute atomic E-state index is 12.0. The lowest BCUT2D eigenvalue weighted by atomic mass is 10.2. The van der Waals surface area contributed by atoms with Crippen molar-refractivity contribution in [3.63, 3.8) is 0 Å². The number of ether oxygens (including phenoxy) is 1. The highest BCUT2D eigenvalue weighted by atomic mass is 16.5. The Balaban J connectivity index is 1.72. The number of methoxy groups -OCH3 is 1. The zero-order valence-corrected chi connectivity index (χ0v) is 12.3. The molecule has 2 aromatic rings. The van der Waals surface area contributed by atoms with E-state index in [-0.39, 0.29) is 12.5 Å². The van der Waals surface area contributed by atoms with Crippen LogP contribution in [0.15, 0.2) is 59.6 Å². The van der Waals surface area contributed by atoms with Gasteiger partial charge >= 0.3 is 0 Å². The normalized spacial score (nSPS) is 14.0. The van der Waals surface area contributed by atoms with Gasteiger partial charge in [-0.25, -0.2) is 4.99 Å². The number of guanidine groups is 1. The lowest BCUT2D eigenvalue weighted by Gasteiger charge is -2.19. The number of aliphatic imine (C=N–C) groups is 1. The average molecular weight is 295 g/mol. The highest BCUT2D eigenvalue weighted by molar-refractivity contribution is 6.08. The van der Waals surface area contributed by atoms with E-state index in [2.05, 4.69) is 10.3 Å². The molecule has 2 aromatic carbocycles. The summed E-state index contributed by atoms with van der Waals surface area (Å²) in [6.07, 6.45) is 0. The lowest BCUT2D eigenvalue weighted by Crippen LogP contribution is -2.36. The molecule has 0 bridgehead atoms. The van der Waals surface area contributed by atoms with E-state index in [4.69, 9.17) is 4.74 Å². The fourth-order valence-corrected chi connectivity index (χ4v) is 2.27. The number of amides is 1. The van der Waals surface area contributed by atoms with E-state index < -0.39 is 0 Å². The molecule has 0 saturated heterocycles. The second kappa shape index (κ2) is 6.30. The number of nitrogens with zero attached hydrogens (tertiary/aromatic N) is 2. The van der Waals surface area contributed by atoms with Crippen molar-refractivity contribution in [2.24, 2.45) is 4.99 Å². The van der Waals surface area contributed by atoms with Gasteiger partial charge in [-0.15, -0.1) is 0 Å². The van der Waals surface area contributed by atoms with Gasteiger partial charge in [-0.1, -0.05) is 30.3 Å².